The molecule has 1 aliphatic rings. The van der Waals surface area contributed by atoms with Gasteiger partial charge in [-0.1, -0.05) is 16.8 Å². The molecule has 3 heterocycles. The van der Waals surface area contributed by atoms with Crippen LogP contribution < -0.4 is 4.90 Å². The lowest BCUT2D eigenvalue weighted by molar-refractivity contribution is 0.193. The van der Waals surface area contributed by atoms with Gasteiger partial charge in [-0.2, -0.15) is 4.68 Å². The molecule has 0 aliphatic carbocycles. The Morgan fingerprint density at radius 1 is 1.04 bits per heavy atom. The molecule has 0 spiro atoms. The molecule has 1 aromatic carbocycles. The molecule has 1 fully saturated rings. The zero-order valence-electron chi connectivity index (χ0n) is 12.8. The van der Waals surface area contributed by atoms with E-state index in [4.69, 9.17) is 11.6 Å². The lowest BCUT2D eigenvalue weighted by atomic mass is 10.2. The van der Waals surface area contributed by atoms with Crippen LogP contribution in [0.5, 0.6) is 0 Å². The van der Waals surface area contributed by atoms with Crippen molar-refractivity contribution in [3.63, 3.8) is 0 Å². The van der Waals surface area contributed by atoms with E-state index in [1.165, 1.54) is 4.68 Å². The number of hydrogen-bond donors (Lipinski definition) is 0. The first-order valence-corrected chi connectivity index (χ1v) is 8.06. The number of carbonyl (C=O) groups is 1. The molecule has 0 bridgehead atoms. The van der Waals surface area contributed by atoms with Gasteiger partial charge in [-0.3, -0.25) is 0 Å². The molecule has 24 heavy (non-hydrogen) atoms. The van der Waals surface area contributed by atoms with Crippen LogP contribution in [0.15, 0.2) is 42.6 Å². The molecule has 1 amide bonds. The average Bonchev–Trinajstić information content (AvgIpc) is 3.06. The predicted octanol–water partition coefficient (Wildman–Crippen LogP) is 2.27. The van der Waals surface area contributed by atoms with Crippen LogP contribution in [0.25, 0.3) is 11.2 Å². The highest BCUT2D eigenvalue weighted by Gasteiger charge is 2.24. The predicted molar refractivity (Wildman–Crippen MR) is 91.4 cm³/mol. The van der Waals surface area contributed by atoms with Crippen molar-refractivity contribution in [2.24, 2.45) is 0 Å². The number of benzene rings is 1. The number of fused-ring (bicyclic) bond motifs is 1. The zero-order chi connectivity index (χ0) is 16.5. The quantitative estimate of drug-likeness (QED) is 0.678. The fourth-order valence-electron chi connectivity index (χ4n) is 2.85. The molecule has 3 aromatic rings. The summed E-state index contributed by atoms with van der Waals surface area (Å²) in [7, 11) is 0. The zero-order valence-corrected chi connectivity index (χ0v) is 13.6. The fraction of sp³-hybridized carbons (Fsp3) is 0.250. The van der Waals surface area contributed by atoms with Crippen molar-refractivity contribution in [3.05, 3.63) is 47.6 Å². The standard InChI is InChI=1S/C16H15ClN6O/c17-12-3-5-13(6-4-12)21-8-10-22(11-9-21)16(24)23-14-2-1-7-18-15(14)19-20-23/h1-7H,8-11H2. The number of pyridine rings is 1. The summed E-state index contributed by atoms with van der Waals surface area (Å²) in [4.78, 5) is 20.8. The van der Waals surface area contributed by atoms with Crippen molar-refractivity contribution in [1.29, 1.82) is 0 Å². The number of nitrogens with zero attached hydrogens (tertiary/aromatic N) is 6. The van der Waals surface area contributed by atoms with E-state index in [9.17, 15) is 4.79 Å². The lowest BCUT2D eigenvalue weighted by Gasteiger charge is -2.35. The topological polar surface area (TPSA) is 67.2 Å². The number of halogens is 1. The summed E-state index contributed by atoms with van der Waals surface area (Å²) in [6, 6.07) is 11.2. The Kier molecular flexibility index (Phi) is 3.78. The van der Waals surface area contributed by atoms with Crippen LogP contribution in [0, 0.1) is 0 Å². The summed E-state index contributed by atoms with van der Waals surface area (Å²) in [6.07, 6.45) is 1.64. The normalized spacial score (nSPS) is 15.0. The SMILES string of the molecule is O=C(N1CCN(c2ccc(Cl)cc2)CC1)n1nnc2ncccc21. The minimum absolute atomic E-state index is 0.166. The van der Waals surface area contributed by atoms with Gasteiger partial charge in [0.25, 0.3) is 0 Å². The third-order valence-electron chi connectivity index (χ3n) is 4.15. The summed E-state index contributed by atoms with van der Waals surface area (Å²) in [5, 5.41) is 8.60. The molecule has 0 N–H and O–H groups in total. The number of anilines is 1. The van der Waals surface area contributed by atoms with E-state index in [1.807, 2.05) is 24.3 Å². The number of aromatic nitrogens is 4. The van der Waals surface area contributed by atoms with Gasteiger partial charge in [-0.25, -0.2) is 9.78 Å². The second-order valence-corrected chi connectivity index (χ2v) is 6.02. The highest BCUT2D eigenvalue weighted by atomic mass is 35.5. The molecule has 4 rings (SSSR count). The fourth-order valence-corrected chi connectivity index (χ4v) is 2.98. The van der Waals surface area contributed by atoms with E-state index in [-0.39, 0.29) is 6.03 Å². The number of carbonyl (C=O) groups excluding carboxylic acids is 1. The van der Waals surface area contributed by atoms with Crippen molar-refractivity contribution in [1.82, 2.24) is 24.9 Å². The first-order valence-electron chi connectivity index (χ1n) is 7.68. The van der Waals surface area contributed by atoms with Crippen LogP contribution in [0.1, 0.15) is 0 Å². The van der Waals surface area contributed by atoms with Gasteiger partial charge >= 0.3 is 6.03 Å². The van der Waals surface area contributed by atoms with Crippen molar-refractivity contribution in [2.45, 2.75) is 0 Å². The van der Waals surface area contributed by atoms with Gasteiger partial charge in [0, 0.05) is 43.1 Å². The molecule has 0 radical (unpaired) electrons. The van der Waals surface area contributed by atoms with Gasteiger partial charge in [0.05, 0.1) is 0 Å². The van der Waals surface area contributed by atoms with Gasteiger partial charge in [0.2, 0.25) is 5.65 Å². The summed E-state index contributed by atoms with van der Waals surface area (Å²) in [6.45, 7) is 2.78. The molecule has 122 valence electrons. The Hall–Kier alpha value is -2.67. The number of piperazine rings is 1. The van der Waals surface area contributed by atoms with Crippen LogP contribution >= 0.6 is 11.6 Å². The van der Waals surface area contributed by atoms with Gasteiger partial charge < -0.3 is 9.80 Å². The summed E-state index contributed by atoms with van der Waals surface area (Å²) in [5.74, 6) is 0. The molecule has 1 aliphatic heterocycles. The van der Waals surface area contributed by atoms with E-state index in [0.29, 0.717) is 24.3 Å². The van der Waals surface area contributed by atoms with Crippen LogP contribution in [-0.2, 0) is 0 Å². The van der Waals surface area contributed by atoms with Gasteiger partial charge in [-0.05, 0) is 36.4 Å². The highest BCUT2D eigenvalue weighted by molar-refractivity contribution is 6.30. The average molecular weight is 343 g/mol. The largest absolute Gasteiger partial charge is 0.368 e. The molecule has 1 saturated heterocycles. The van der Waals surface area contributed by atoms with Crippen molar-refractivity contribution < 1.29 is 4.79 Å². The third-order valence-corrected chi connectivity index (χ3v) is 4.40. The molecule has 8 heteroatoms. The van der Waals surface area contributed by atoms with Gasteiger partial charge in [-0.15, -0.1) is 5.10 Å². The second-order valence-electron chi connectivity index (χ2n) is 5.58. The van der Waals surface area contributed by atoms with Crippen LogP contribution in [-0.4, -0.2) is 57.1 Å². The minimum atomic E-state index is -0.166. The maximum Gasteiger partial charge on any atom is 0.346 e. The van der Waals surface area contributed by atoms with E-state index < -0.39 is 0 Å². The van der Waals surface area contributed by atoms with Crippen LogP contribution in [0.2, 0.25) is 5.02 Å². The monoisotopic (exact) mass is 342 g/mol. The Morgan fingerprint density at radius 3 is 2.54 bits per heavy atom. The molecule has 0 saturated carbocycles. The maximum atomic E-state index is 12.7. The molecular weight excluding hydrogens is 328 g/mol. The number of amides is 1. The molecule has 0 unspecified atom stereocenters. The van der Waals surface area contributed by atoms with E-state index >= 15 is 0 Å². The van der Waals surface area contributed by atoms with Crippen LogP contribution in [0.3, 0.4) is 0 Å². The Bertz CT molecular complexity index is 870. The van der Waals surface area contributed by atoms with Gasteiger partial charge in [0.1, 0.15) is 5.52 Å². The number of hydrogen-bond acceptors (Lipinski definition) is 5. The Morgan fingerprint density at radius 2 is 1.79 bits per heavy atom. The third kappa shape index (κ3) is 2.67. The molecular formula is C16H15ClN6O. The molecule has 7 nitrogen and oxygen atoms in total. The first kappa shape index (κ1) is 14.9. The van der Waals surface area contributed by atoms with Crippen molar-refractivity contribution in [2.75, 3.05) is 31.1 Å². The molecule has 0 atom stereocenters. The van der Waals surface area contributed by atoms with Crippen LogP contribution in [0.4, 0.5) is 10.5 Å². The van der Waals surface area contributed by atoms with E-state index in [0.717, 1.165) is 23.8 Å². The maximum absolute atomic E-state index is 12.7. The van der Waals surface area contributed by atoms with Crippen molar-refractivity contribution >= 4 is 34.5 Å². The van der Waals surface area contributed by atoms with E-state index in [1.54, 1.807) is 23.2 Å². The van der Waals surface area contributed by atoms with Crippen molar-refractivity contribution in [3.8, 4) is 0 Å². The summed E-state index contributed by atoms with van der Waals surface area (Å²) in [5.41, 5.74) is 2.22. The molecule has 2 aromatic heterocycles. The summed E-state index contributed by atoms with van der Waals surface area (Å²) >= 11 is 5.93. The lowest BCUT2D eigenvalue weighted by Crippen LogP contribution is -2.50. The van der Waals surface area contributed by atoms with E-state index in [2.05, 4.69) is 20.2 Å². The Balaban J connectivity index is 1.47. The minimum Gasteiger partial charge on any atom is -0.368 e. The smallest absolute Gasteiger partial charge is 0.346 e. The highest BCUT2D eigenvalue weighted by Crippen LogP contribution is 2.20. The second kappa shape index (κ2) is 6.09. The number of rotatable bonds is 1. The first-order chi connectivity index (χ1) is 11.7. The van der Waals surface area contributed by atoms with Gasteiger partial charge in [0.15, 0.2) is 0 Å². The Labute approximate surface area is 143 Å². The summed E-state index contributed by atoms with van der Waals surface area (Å²) < 4.78 is 1.32.